The van der Waals surface area contributed by atoms with Gasteiger partial charge in [-0.05, 0) is 36.2 Å². The molecule has 0 unspecified atom stereocenters. The number of nitrogens with one attached hydrogen (secondary N) is 1. The van der Waals surface area contributed by atoms with Crippen LogP contribution in [0, 0.1) is 17.0 Å². The Morgan fingerprint density at radius 3 is 2.46 bits per heavy atom. The van der Waals surface area contributed by atoms with Crippen molar-refractivity contribution in [3.8, 4) is 0 Å². The first-order valence-electron chi connectivity index (χ1n) is 7.24. The van der Waals surface area contributed by atoms with E-state index in [1.807, 2.05) is 43.3 Å². The quantitative estimate of drug-likeness (QED) is 0.520. The monoisotopic (exact) mass is 326 g/mol. The normalized spacial score (nSPS) is 10.6. The second kappa shape index (κ2) is 7.36. The summed E-state index contributed by atoms with van der Waals surface area (Å²) in [6.07, 6.45) is 1.49. The average Bonchev–Trinajstić information content (AvgIpc) is 2.54. The SMILES string of the molecule is Cc1ccc([N+](=O)[O-])c(C(=O)N/N=C/c2ccc(N(C)C)cc2)c1. The summed E-state index contributed by atoms with van der Waals surface area (Å²) in [7, 11) is 3.89. The molecule has 0 fully saturated rings. The number of nitrogens with zero attached hydrogens (tertiary/aromatic N) is 3. The van der Waals surface area contributed by atoms with Crippen LogP contribution in [0.5, 0.6) is 0 Å². The number of rotatable bonds is 5. The highest BCUT2D eigenvalue weighted by Crippen LogP contribution is 2.19. The van der Waals surface area contributed by atoms with Crippen molar-refractivity contribution < 1.29 is 9.72 Å². The van der Waals surface area contributed by atoms with Crippen LogP contribution in [0.2, 0.25) is 0 Å². The lowest BCUT2D eigenvalue weighted by Crippen LogP contribution is -2.19. The fraction of sp³-hybridized carbons (Fsp3) is 0.176. The molecule has 0 aliphatic rings. The van der Waals surface area contributed by atoms with E-state index in [0.717, 1.165) is 16.8 Å². The van der Waals surface area contributed by atoms with Gasteiger partial charge in [-0.15, -0.1) is 0 Å². The molecular formula is C17H18N4O3. The summed E-state index contributed by atoms with van der Waals surface area (Å²) in [6, 6.07) is 11.9. The molecule has 24 heavy (non-hydrogen) atoms. The molecule has 0 bridgehead atoms. The number of anilines is 1. The minimum absolute atomic E-state index is 0.0138. The Bertz CT molecular complexity index is 783. The maximum absolute atomic E-state index is 12.1. The van der Waals surface area contributed by atoms with E-state index in [1.54, 1.807) is 13.0 Å². The van der Waals surface area contributed by atoms with Gasteiger partial charge in [0, 0.05) is 25.8 Å². The molecule has 7 nitrogen and oxygen atoms in total. The van der Waals surface area contributed by atoms with Gasteiger partial charge < -0.3 is 4.90 Å². The van der Waals surface area contributed by atoms with Gasteiger partial charge in [-0.1, -0.05) is 18.2 Å². The summed E-state index contributed by atoms with van der Waals surface area (Å²) in [5.41, 5.74) is 4.67. The van der Waals surface area contributed by atoms with E-state index in [2.05, 4.69) is 10.5 Å². The molecule has 0 aliphatic carbocycles. The molecule has 0 saturated carbocycles. The highest BCUT2D eigenvalue weighted by atomic mass is 16.6. The molecule has 7 heteroatoms. The van der Waals surface area contributed by atoms with Gasteiger partial charge in [-0.25, -0.2) is 5.43 Å². The fourth-order valence-electron chi connectivity index (χ4n) is 2.08. The maximum atomic E-state index is 12.1. The van der Waals surface area contributed by atoms with Crippen molar-refractivity contribution in [2.75, 3.05) is 19.0 Å². The van der Waals surface area contributed by atoms with Crippen LogP contribution in [0.3, 0.4) is 0 Å². The third-order valence-corrected chi connectivity index (χ3v) is 3.38. The molecule has 0 atom stereocenters. The zero-order chi connectivity index (χ0) is 17.7. The third kappa shape index (κ3) is 4.16. The Kier molecular flexibility index (Phi) is 5.26. The van der Waals surface area contributed by atoms with Gasteiger partial charge in [0.25, 0.3) is 11.6 Å². The second-order valence-electron chi connectivity index (χ2n) is 5.46. The van der Waals surface area contributed by atoms with Crippen LogP contribution in [-0.2, 0) is 0 Å². The standard InChI is InChI=1S/C17H18N4O3/c1-12-4-9-16(21(23)24)15(10-12)17(22)19-18-11-13-5-7-14(8-6-13)20(2)3/h4-11H,1-3H3,(H,19,22)/b18-11+. The number of amides is 1. The predicted molar refractivity (Wildman–Crippen MR) is 93.7 cm³/mol. The molecule has 0 aromatic heterocycles. The van der Waals surface area contributed by atoms with E-state index in [-0.39, 0.29) is 11.3 Å². The number of nitro groups is 1. The van der Waals surface area contributed by atoms with E-state index in [9.17, 15) is 14.9 Å². The molecule has 0 spiro atoms. The van der Waals surface area contributed by atoms with E-state index in [4.69, 9.17) is 0 Å². The Balaban J connectivity index is 2.10. The van der Waals surface area contributed by atoms with Crippen LogP contribution in [0.4, 0.5) is 11.4 Å². The first-order valence-corrected chi connectivity index (χ1v) is 7.24. The number of benzene rings is 2. The van der Waals surface area contributed by atoms with Crippen LogP contribution in [0.1, 0.15) is 21.5 Å². The molecule has 0 saturated heterocycles. The third-order valence-electron chi connectivity index (χ3n) is 3.38. The Morgan fingerprint density at radius 1 is 1.21 bits per heavy atom. The summed E-state index contributed by atoms with van der Waals surface area (Å²) in [5.74, 6) is -0.619. The van der Waals surface area contributed by atoms with Gasteiger partial charge in [0.15, 0.2) is 0 Å². The van der Waals surface area contributed by atoms with Crippen molar-refractivity contribution >= 4 is 23.5 Å². The van der Waals surface area contributed by atoms with Gasteiger partial charge in [-0.2, -0.15) is 5.10 Å². The average molecular weight is 326 g/mol. The Morgan fingerprint density at radius 2 is 1.88 bits per heavy atom. The van der Waals surface area contributed by atoms with Gasteiger partial charge >= 0.3 is 0 Å². The van der Waals surface area contributed by atoms with Gasteiger partial charge in [0.2, 0.25) is 0 Å². The van der Waals surface area contributed by atoms with Crippen LogP contribution >= 0.6 is 0 Å². The molecule has 1 N–H and O–H groups in total. The lowest BCUT2D eigenvalue weighted by molar-refractivity contribution is -0.385. The van der Waals surface area contributed by atoms with Crippen molar-refractivity contribution in [1.82, 2.24) is 5.43 Å². The zero-order valence-corrected chi connectivity index (χ0v) is 13.7. The topological polar surface area (TPSA) is 87.8 Å². The van der Waals surface area contributed by atoms with Crippen molar-refractivity contribution in [2.24, 2.45) is 5.10 Å². The summed E-state index contributed by atoms with van der Waals surface area (Å²) >= 11 is 0. The van der Waals surface area contributed by atoms with Crippen molar-refractivity contribution in [3.05, 3.63) is 69.3 Å². The molecular weight excluding hydrogens is 308 g/mol. The van der Waals surface area contributed by atoms with Gasteiger partial charge in [0.05, 0.1) is 11.1 Å². The summed E-state index contributed by atoms with van der Waals surface area (Å²) in [5, 5.41) is 14.9. The van der Waals surface area contributed by atoms with E-state index < -0.39 is 10.8 Å². The Labute approximate surface area is 139 Å². The Hall–Kier alpha value is -3.22. The van der Waals surface area contributed by atoms with E-state index in [0.29, 0.717) is 0 Å². The number of nitro benzene ring substituents is 1. The summed E-state index contributed by atoms with van der Waals surface area (Å²) < 4.78 is 0. The lowest BCUT2D eigenvalue weighted by Gasteiger charge is -2.11. The molecule has 124 valence electrons. The predicted octanol–water partition coefficient (Wildman–Crippen LogP) is 2.73. The van der Waals surface area contributed by atoms with Crippen molar-refractivity contribution in [2.45, 2.75) is 6.92 Å². The highest BCUT2D eigenvalue weighted by Gasteiger charge is 2.19. The largest absolute Gasteiger partial charge is 0.378 e. The molecule has 1 amide bonds. The molecule has 2 aromatic carbocycles. The van der Waals surface area contributed by atoms with Crippen molar-refractivity contribution in [1.29, 1.82) is 0 Å². The molecule has 0 heterocycles. The smallest absolute Gasteiger partial charge is 0.282 e. The summed E-state index contributed by atoms with van der Waals surface area (Å²) in [4.78, 5) is 24.5. The van der Waals surface area contributed by atoms with Crippen LogP contribution < -0.4 is 10.3 Å². The second-order valence-corrected chi connectivity index (χ2v) is 5.46. The van der Waals surface area contributed by atoms with Crippen molar-refractivity contribution in [3.63, 3.8) is 0 Å². The van der Waals surface area contributed by atoms with Crippen LogP contribution in [0.15, 0.2) is 47.6 Å². The van der Waals surface area contributed by atoms with E-state index >= 15 is 0 Å². The zero-order valence-electron chi connectivity index (χ0n) is 13.7. The first kappa shape index (κ1) is 17.1. The first-order chi connectivity index (χ1) is 11.4. The van der Waals surface area contributed by atoms with Crippen LogP contribution in [0.25, 0.3) is 0 Å². The lowest BCUT2D eigenvalue weighted by atomic mass is 10.1. The van der Waals surface area contributed by atoms with Gasteiger partial charge in [0.1, 0.15) is 5.56 Å². The maximum Gasteiger partial charge on any atom is 0.282 e. The van der Waals surface area contributed by atoms with E-state index in [1.165, 1.54) is 18.3 Å². The molecule has 0 radical (unpaired) electrons. The number of hydrogen-bond donors (Lipinski definition) is 1. The number of carbonyl (C=O) groups excluding carboxylic acids is 1. The highest BCUT2D eigenvalue weighted by molar-refractivity contribution is 5.98. The minimum Gasteiger partial charge on any atom is -0.378 e. The fourth-order valence-corrected chi connectivity index (χ4v) is 2.08. The molecule has 2 aromatic rings. The van der Waals surface area contributed by atoms with Gasteiger partial charge in [-0.3, -0.25) is 14.9 Å². The van der Waals surface area contributed by atoms with Crippen LogP contribution in [-0.4, -0.2) is 31.1 Å². The number of aryl methyl sites for hydroxylation is 1. The molecule has 2 rings (SSSR count). The number of hydrazone groups is 1. The number of hydrogen-bond acceptors (Lipinski definition) is 5. The minimum atomic E-state index is -0.619. The molecule has 0 aliphatic heterocycles. The number of carbonyl (C=O) groups is 1. The summed E-state index contributed by atoms with van der Waals surface area (Å²) in [6.45, 7) is 1.76.